The van der Waals surface area contributed by atoms with Gasteiger partial charge in [-0.2, -0.15) is 5.26 Å². The molecule has 1 saturated carbocycles. The maximum atomic E-state index is 13.9. The molecule has 0 bridgehead atoms. The summed E-state index contributed by atoms with van der Waals surface area (Å²) in [5, 5.41) is 17.9. The summed E-state index contributed by atoms with van der Waals surface area (Å²) >= 11 is 0. The Labute approximate surface area is 346 Å². The van der Waals surface area contributed by atoms with E-state index in [2.05, 4.69) is 32.0 Å². The molecule has 3 aliphatic rings. The van der Waals surface area contributed by atoms with Gasteiger partial charge in [0.15, 0.2) is 0 Å². The minimum absolute atomic E-state index is 0.0124. The third-order valence-electron chi connectivity index (χ3n) is 11.2. The number of urea groups is 1. The summed E-state index contributed by atoms with van der Waals surface area (Å²) in [5.41, 5.74) is 5.18. The summed E-state index contributed by atoms with van der Waals surface area (Å²) in [6.07, 6.45) is 7.18. The Bertz CT molecular complexity index is 2440. The number of hydrogen-bond acceptors (Lipinski definition) is 10. The number of carbonyl (C=O) groups is 5. The summed E-state index contributed by atoms with van der Waals surface area (Å²) < 4.78 is 6.01. The number of fused-ring (bicyclic) bond motifs is 1. The second-order valence-electron chi connectivity index (χ2n) is 15.0. The number of nitriles is 1. The van der Waals surface area contributed by atoms with Crippen molar-refractivity contribution < 1.29 is 28.7 Å². The molecule has 3 aromatic carbocycles. The van der Waals surface area contributed by atoms with Crippen molar-refractivity contribution in [2.75, 3.05) is 16.8 Å². The zero-order chi connectivity index (χ0) is 41.6. The Kier molecular flexibility index (Phi) is 11.6. The number of amides is 6. The van der Waals surface area contributed by atoms with Crippen LogP contribution in [0.25, 0.3) is 11.1 Å². The normalized spacial score (nSPS) is 18.6. The zero-order valence-corrected chi connectivity index (χ0v) is 32.7. The number of ether oxygens (including phenoxy) is 1. The fourth-order valence-electron chi connectivity index (χ4n) is 8.01. The number of hydrogen-bond donors (Lipinski definition) is 3. The average molecular weight is 803 g/mol. The first kappa shape index (κ1) is 39.4. The monoisotopic (exact) mass is 802 g/mol. The molecule has 8 rings (SSSR count). The van der Waals surface area contributed by atoms with E-state index in [9.17, 15) is 24.0 Å². The first-order valence-electron chi connectivity index (χ1n) is 20.0. The van der Waals surface area contributed by atoms with Gasteiger partial charge in [-0.1, -0.05) is 54.6 Å². The molecule has 302 valence electrons. The average Bonchev–Trinajstić information content (AvgIpc) is 3.53. The number of imide groups is 2. The quantitative estimate of drug-likeness (QED) is 0.123. The van der Waals surface area contributed by atoms with Crippen LogP contribution in [0.5, 0.6) is 5.75 Å². The summed E-state index contributed by atoms with van der Waals surface area (Å²) in [6, 6.07) is 31.0. The second-order valence-corrected chi connectivity index (χ2v) is 15.0. The van der Waals surface area contributed by atoms with Crippen LogP contribution in [0.15, 0.2) is 109 Å². The molecule has 60 heavy (non-hydrogen) atoms. The van der Waals surface area contributed by atoms with E-state index in [0.717, 1.165) is 64.5 Å². The summed E-state index contributed by atoms with van der Waals surface area (Å²) in [6.45, 7) is 0.594. The lowest BCUT2D eigenvalue weighted by molar-refractivity contribution is -0.136. The Morgan fingerprint density at radius 1 is 0.833 bits per heavy atom. The molecule has 6 amide bonds. The van der Waals surface area contributed by atoms with E-state index >= 15 is 0 Å². The van der Waals surface area contributed by atoms with Gasteiger partial charge in [-0.3, -0.25) is 39.3 Å². The predicted octanol–water partition coefficient (Wildman–Crippen LogP) is 6.18. The van der Waals surface area contributed by atoms with Crippen LogP contribution in [0.4, 0.5) is 16.3 Å². The fourth-order valence-corrected chi connectivity index (χ4v) is 8.01. The van der Waals surface area contributed by atoms with Crippen molar-refractivity contribution in [3.8, 4) is 22.9 Å². The number of anilines is 2. The number of rotatable bonds is 12. The highest BCUT2D eigenvalue weighted by molar-refractivity contribution is 6.24. The van der Waals surface area contributed by atoms with E-state index in [-0.39, 0.29) is 54.4 Å². The molecule has 5 aromatic rings. The molecule has 14 heteroatoms. The van der Waals surface area contributed by atoms with E-state index in [1.54, 1.807) is 30.6 Å². The molecule has 3 N–H and O–H groups in total. The maximum Gasteiger partial charge on any atom is 0.322 e. The highest BCUT2D eigenvalue weighted by atomic mass is 16.5. The van der Waals surface area contributed by atoms with Gasteiger partial charge in [-0.25, -0.2) is 9.78 Å². The first-order chi connectivity index (χ1) is 29.2. The van der Waals surface area contributed by atoms with Gasteiger partial charge in [0, 0.05) is 60.8 Å². The van der Waals surface area contributed by atoms with Gasteiger partial charge in [0.2, 0.25) is 11.8 Å². The minimum atomic E-state index is -1.06. The highest BCUT2D eigenvalue weighted by Crippen LogP contribution is 2.34. The van der Waals surface area contributed by atoms with Gasteiger partial charge in [-0.05, 0) is 85.7 Å². The molecular weight excluding hydrogens is 761 g/mol. The molecule has 0 radical (unpaired) electrons. The van der Waals surface area contributed by atoms with Crippen LogP contribution in [0.1, 0.15) is 76.1 Å². The van der Waals surface area contributed by atoms with Crippen molar-refractivity contribution in [3.63, 3.8) is 0 Å². The van der Waals surface area contributed by atoms with Crippen molar-refractivity contribution in [3.05, 3.63) is 137 Å². The van der Waals surface area contributed by atoms with E-state index in [4.69, 9.17) is 10.00 Å². The first-order valence-corrected chi connectivity index (χ1v) is 20.0. The molecule has 1 atom stereocenters. The largest absolute Gasteiger partial charge is 0.492 e. The van der Waals surface area contributed by atoms with Gasteiger partial charge >= 0.3 is 6.03 Å². The van der Waals surface area contributed by atoms with Crippen LogP contribution >= 0.6 is 0 Å². The zero-order valence-electron chi connectivity index (χ0n) is 32.7. The van der Waals surface area contributed by atoms with Crippen molar-refractivity contribution in [2.45, 2.75) is 69.6 Å². The standard InChI is InChI=1S/C46H42N8O6/c47-25-30-9-21-40(49-27-30)51-34-14-18-36(19-15-34)53(46(59)50-26-29-5-2-1-3-6-29)35-16-11-31(12-17-35)32-10-13-33(48-28-32)23-24-60-39-8-4-7-37-42(39)45(58)54(44(37)57)38-20-22-41(55)52-43(38)56/h1-13,16-17,21,27-28,34,36,38H,14-15,18-20,22-24,26H2,(H,49,51)(H,50,59)(H,52,55,56)/t34-,36-,38?. The molecule has 14 nitrogen and oxygen atoms in total. The van der Waals surface area contributed by atoms with Crippen molar-refractivity contribution in [2.24, 2.45) is 0 Å². The van der Waals surface area contributed by atoms with E-state index < -0.39 is 29.7 Å². The summed E-state index contributed by atoms with van der Waals surface area (Å²) in [5.74, 6) is -1.34. The van der Waals surface area contributed by atoms with Crippen LogP contribution in [-0.4, -0.2) is 69.3 Å². The molecule has 1 saturated heterocycles. The van der Waals surface area contributed by atoms with E-state index in [0.29, 0.717) is 18.5 Å². The maximum absolute atomic E-state index is 13.9. The molecule has 2 aliphatic heterocycles. The third-order valence-corrected chi connectivity index (χ3v) is 11.2. The Morgan fingerprint density at radius 3 is 2.32 bits per heavy atom. The third kappa shape index (κ3) is 8.56. The number of aromatic nitrogens is 2. The number of piperidine rings is 1. The lowest BCUT2D eigenvalue weighted by atomic mass is 9.89. The number of pyridine rings is 2. The SMILES string of the molecule is N#Cc1ccc(N[C@H]2CC[C@H](N(C(=O)NCc3ccccc3)c3ccc(-c4ccc(CCOc5cccc6c5C(=O)N(C5CCC(=O)NC5=O)C6=O)nc4)cc3)CC2)nc1. The van der Waals surface area contributed by atoms with Gasteiger partial charge in [0.05, 0.1) is 23.3 Å². The number of benzene rings is 3. The van der Waals surface area contributed by atoms with Crippen molar-refractivity contribution in [1.29, 1.82) is 5.26 Å². The summed E-state index contributed by atoms with van der Waals surface area (Å²) in [4.78, 5) is 76.4. The Hall–Kier alpha value is -7.40. The van der Waals surface area contributed by atoms with Crippen LogP contribution < -0.4 is 25.6 Å². The van der Waals surface area contributed by atoms with E-state index in [1.165, 1.54) is 6.07 Å². The second kappa shape index (κ2) is 17.6. The van der Waals surface area contributed by atoms with Gasteiger partial charge in [0.25, 0.3) is 11.8 Å². The molecular formula is C46H42N8O6. The molecule has 2 aromatic heterocycles. The number of nitrogens with one attached hydrogen (secondary N) is 3. The van der Waals surface area contributed by atoms with Crippen molar-refractivity contribution in [1.82, 2.24) is 25.5 Å². The van der Waals surface area contributed by atoms with E-state index in [1.807, 2.05) is 77.7 Å². The molecule has 0 spiro atoms. The summed E-state index contributed by atoms with van der Waals surface area (Å²) in [7, 11) is 0. The predicted molar refractivity (Wildman–Crippen MR) is 222 cm³/mol. The lowest BCUT2D eigenvalue weighted by Gasteiger charge is -2.37. The minimum Gasteiger partial charge on any atom is -0.492 e. The molecule has 4 heterocycles. The number of carbonyl (C=O) groups excluding carboxylic acids is 5. The van der Waals surface area contributed by atoms with Gasteiger partial charge < -0.3 is 15.4 Å². The van der Waals surface area contributed by atoms with Crippen LogP contribution in [-0.2, 0) is 22.6 Å². The molecule has 2 fully saturated rings. The molecule has 1 unspecified atom stereocenters. The fraction of sp³-hybridized carbons (Fsp3) is 0.261. The van der Waals surface area contributed by atoms with Crippen LogP contribution in [0.2, 0.25) is 0 Å². The lowest BCUT2D eigenvalue weighted by Crippen LogP contribution is -2.54. The Balaban J connectivity index is 0.900. The van der Waals surface area contributed by atoms with Crippen LogP contribution in [0, 0.1) is 11.3 Å². The van der Waals surface area contributed by atoms with Crippen molar-refractivity contribution >= 4 is 41.2 Å². The van der Waals surface area contributed by atoms with Gasteiger partial charge in [-0.15, -0.1) is 0 Å². The highest BCUT2D eigenvalue weighted by Gasteiger charge is 2.46. The van der Waals surface area contributed by atoms with Crippen LogP contribution in [0.3, 0.4) is 0 Å². The topological polar surface area (TPSA) is 187 Å². The van der Waals surface area contributed by atoms with Gasteiger partial charge in [0.1, 0.15) is 23.7 Å². The smallest absolute Gasteiger partial charge is 0.322 e. The number of nitrogens with zero attached hydrogens (tertiary/aromatic N) is 5. The molecule has 1 aliphatic carbocycles. The Morgan fingerprint density at radius 2 is 1.62 bits per heavy atom.